The topological polar surface area (TPSA) is 29.0 Å². The first-order valence-electron chi connectivity index (χ1n) is 7.43. The highest BCUT2D eigenvalue weighted by atomic mass is 32.1. The van der Waals surface area contributed by atoms with Crippen LogP contribution in [0.5, 0.6) is 0 Å². The second-order valence-electron chi connectivity index (χ2n) is 5.46. The second-order valence-corrected chi connectivity index (χ2v) is 6.19. The molecule has 0 amide bonds. The van der Waals surface area contributed by atoms with Crippen molar-refractivity contribution in [2.45, 2.75) is 45.6 Å². The van der Waals surface area contributed by atoms with E-state index in [1.807, 2.05) is 0 Å². The Bertz CT molecular complexity index is 561. The van der Waals surface area contributed by atoms with Gasteiger partial charge in [-0.3, -0.25) is 0 Å². The van der Waals surface area contributed by atoms with Gasteiger partial charge in [-0.1, -0.05) is 36.8 Å². The molecule has 1 saturated heterocycles. The van der Waals surface area contributed by atoms with Crippen molar-refractivity contribution in [1.82, 2.24) is 9.36 Å². The average Bonchev–Trinajstić information content (AvgIpc) is 2.97. The van der Waals surface area contributed by atoms with Crippen LogP contribution in [0.1, 0.15) is 49.2 Å². The number of piperidine rings is 1. The Morgan fingerprint density at radius 3 is 2.75 bits per heavy atom. The minimum atomic E-state index is 0.460. The first kappa shape index (κ1) is 13.6. The summed E-state index contributed by atoms with van der Waals surface area (Å²) in [6, 6.07) is 9.40. The molecule has 1 atom stereocenters. The maximum Gasteiger partial charge on any atom is 0.205 e. The van der Waals surface area contributed by atoms with E-state index < -0.39 is 0 Å². The van der Waals surface area contributed by atoms with Gasteiger partial charge in [-0.15, -0.1) is 0 Å². The molecule has 106 valence electrons. The molecule has 0 saturated carbocycles. The van der Waals surface area contributed by atoms with Gasteiger partial charge in [0.2, 0.25) is 5.13 Å². The first-order valence-corrected chi connectivity index (χ1v) is 8.21. The van der Waals surface area contributed by atoms with Crippen molar-refractivity contribution < 1.29 is 0 Å². The molecule has 0 spiro atoms. The summed E-state index contributed by atoms with van der Waals surface area (Å²) in [5.41, 5.74) is 2.73. The number of rotatable bonds is 3. The minimum Gasteiger partial charge on any atom is -0.340 e. The lowest BCUT2D eigenvalue weighted by Gasteiger charge is -2.35. The quantitative estimate of drug-likeness (QED) is 0.849. The Morgan fingerprint density at radius 1 is 1.25 bits per heavy atom. The van der Waals surface area contributed by atoms with Gasteiger partial charge in [0.1, 0.15) is 5.82 Å². The molecule has 1 fully saturated rings. The summed E-state index contributed by atoms with van der Waals surface area (Å²) in [6.07, 6.45) is 4.68. The average molecular weight is 287 g/mol. The maximum atomic E-state index is 4.68. The highest BCUT2D eigenvalue weighted by Gasteiger charge is 2.26. The third-order valence-electron chi connectivity index (χ3n) is 3.98. The zero-order valence-corrected chi connectivity index (χ0v) is 13.0. The van der Waals surface area contributed by atoms with E-state index in [1.54, 1.807) is 11.5 Å². The highest BCUT2D eigenvalue weighted by molar-refractivity contribution is 7.09. The number of benzene rings is 1. The Balaban J connectivity index is 1.88. The third kappa shape index (κ3) is 2.70. The summed E-state index contributed by atoms with van der Waals surface area (Å²) in [6.45, 7) is 5.34. The lowest BCUT2D eigenvalue weighted by atomic mass is 9.95. The molecule has 1 aliphatic heterocycles. The van der Waals surface area contributed by atoms with Gasteiger partial charge in [0.25, 0.3) is 0 Å². The van der Waals surface area contributed by atoms with E-state index in [-0.39, 0.29) is 0 Å². The molecule has 0 radical (unpaired) electrons. The highest BCUT2D eigenvalue weighted by Crippen LogP contribution is 2.35. The molecule has 20 heavy (non-hydrogen) atoms. The van der Waals surface area contributed by atoms with E-state index in [0.717, 1.165) is 23.9 Å². The van der Waals surface area contributed by atoms with Crippen molar-refractivity contribution >= 4 is 16.7 Å². The van der Waals surface area contributed by atoms with Crippen LogP contribution in [0.15, 0.2) is 24.3 Å². The first-order chi connectivity index (χ1) is 9.78. The van der Waals surface area contributed by atoms with Gasteiger partial charge in [-0.2, -0.15) is 4.37 Å². The smallest absolute Gasteiger partial charge is 0.205 e. The molecule has 1 aromatic heterocycles. The van der Waals surface area contributed by atoms with Gasteiger partial charge in [0.15, 0.2) is 0 Å². The van der Waals surface area contributed by atoms with Crippen LogP contribution >= 0.6 is 11.5 Å². The van der Waals surface area contributed by atoms with Crippen LogP contribution in [0.2, 0.25) is 0 Å². The molecule has 3 nitrogen and oxygen atoms in total. The summed E-state index contributed by atoms with van der Waals surface area (Å²) < 4.78 is 4.44. The van der Waals surface area contributed by atoms with Gasteiger partial charge < -0.3 is 4.90 Å². The fraction of sp³-hybridized carbons (Fsp3) is 0.500. The van der Waals surface area contributed by atoms with Crippen LogP contribution in [0, 0.1) is 6.92 Å². The minimum absolute atomic E-state index is 0.460. The van der Waals surface area contributed by atoms with Gasteiger partial charge in [0, 0.05) is 24.5 Å². The molecule has 0 bridgehead atoms. The van der Waals surface area contributed by atoms with Crippen molar-refractivity contribution in [1.29, 1.82) is 0 Å². The van der Waals surface area contributed by atoms with Crippen LogP contribution in [0.25, 0.3) is 0 Å². The van der Waals surface area contributed by atoms with Gasteiger partial charge in [0.05, 0.1) is 6.04 Å². The fourth-order valence-electron chi connectivity index (χ4n) is 2.80. The van der Waals surface area contributed by atoms with Crippen LogP contribution in [-0.2, 0) is 6.42 Å². The molecule has 2 heterocycles. The van der Waals surface area contributed by atoms with Crippen LogP contribution in [-0.4, -0.2) is 15.9 Å². The largest absolute Gasteiger partial charge is 0.340 e. The zero-order valence-electron chi connectivity index (χ0n) is 12.2. The predicted molar refractivity (Wildman–Crippen MR) is 84.4 cm³/mol. The SMILES string of the molecule is CCc1nsc(N2CCCCC2c2ccc(C)cc2)n1. The number of hydrogen-bond donors (Lipinski definition) is 0. The third-order valence-corrected chi connectivity index (χ3v) is 4.78. The standard InChI is InChI=1S/C16H21N3S/c1-3-15-17-16(20-18-15)19-11-5-4-6-14(19)13-9-7-12(2)8-10-13/h7-10,14H,3-6,11H2,1-2H3. The van der Waals surface area contributed by atoms with E-state index in [0.29, 0.717) is 6.04 Å². The second kappa shape index (κ2) is 5.92. The van der Waals surface area contributed by atoms with E-state index >= 15 is 0 Å². The molecule has 3 rings (SSSR count). The molecular weight excluding hydrogens is 266 g/mol. The predicted octanol–water partition coefficient (Wildman–Crippen LogP) is 4.14. The van der Waals surface area contributed by atoms with Gasteiger partial charge >= 0.3 is 0 Å². The number of nitrogens with zero attached hydrogens (tertiary/aromatic N) is 3. The van der Waals surface area contributed by atoms with Gasteiger partial charge in [-0.05, 0) is 31.7 Å². The van der Waals surface area contributed by atoms with Crippen LogP contribution in [0.3, 0.4) is 0 Å². The molecule has 0 N–H and O–H groups in total. The summed E-state index contributed by atoms with van der Waals surface area (Å²) >= 11 is 1.55. The van der Waals surface area contributed by atoms with Crippen molar-refractivity contribution in [3.05, 3.63) is 41.2 Å². The molecule has 0 aliphatic carbocycles. The molecule has 2 aromatic rings. The van der Waals surface area contributed by atoms with E-state index in [4.69, 9.17) is 0 Å². The van der Waals surface area contributed by atoms with Crippen molar-refractivity contribution in [2.75, 3.05) is 11.4 Å². The monoisotopic (exact) mass is 287 g/mol. The van der Waals surface area contributed by atoms with Crippen molar-refractivity contribution in [3.63, 3.8) is 0 Å². The van der Waals surface area contributed by atoms with Crippen LogP contribution < -0.4 is 4.90 Å². The number of hydrogen-bond acceptors (Lipinski definition) is 4. The van der Waals surface area contributed by atoms with Crippen molar-refractivity contribution in [2.24, 2.45) is 0 Å². The molecule has 1 unspecified atom stereocenters. The lowest BCUT2D eigenvalue weighted by Crippen LogP contribution is -2.33. The number of aromatic nitrogens is 2. The Kier molecular flexibility index (Phi) is 4.01. The number of aryl methyl sites for hydroxylation is 2. The number of anilines is 1. The van der Waals surface area contributed by atoms with Gasteiger partial charge in [-0.25, -0.2) is 4.98 Å². The Labute approximate surface area is 124 Å². The molecule has 1 aliphatic rings. The Hall–Kier alpha value is -1.42. The molecular formula is C16H21N3S. The zero-order chi connectivity index (χ0) is 13.9. The molecule has 4 heteroatoms. The summed E-state index contributed by atoms with van der Waals surface area (Å²) in [7, 11) is 0. The summed E-state index contributed by atoms with van der Waals surface area (Å²) in [5.74, 6) is 0.971. The van der Waals surface area contributed by atoms with E-state index in [2.05, 4.69) is 52.4 Å². The summed E-state index contributed by atoms with van der Waals surface area (Å²) in [5, 5.41) is 1.09. The molecule has 1 aromatic carbocycles. The normalized spacial score (nSPS) is 19.3. The Morgan fingerprint density at radius 2 is 2.05 bits per heavy atom. The van der Waals surface area contributed by atoms with Crippen molar-refractivity contribution in [3.8, 4) is 0 Å². The maximum absolute atomic E-state index is 4.68. The van der Waals surface area contributed by atoms with E-state index in [9.17, 15) is 0 Å². The lowest BCUT2D eigenvalue weighted by molar-refractivity contribution is 0.472. The fourth-order valence-corrected chi connectivity index (χ4v) is 3.63. The van der Waals surface area contributed by atoms with Crippen LogP contribution in [0.4, 0.5) is 5.13 Å². The van der Waals surface area contributed by atoms with E-state index in [1.165, 1.54) is 30.4 Å². The summed E-state index contributed by atoms with van der Waals surface area (Å²) in [4.78, 5) is 7.13.